The average Bonchev–Trinajstić information content (AvgIpc) is 3.25. The molecular weight excluding hydrogens is 360 g/mol. The second-order valence-electron chi connectivity index (χ2n) is 5.99. The number of nitrogens with zero attached hydrogens (tertiary/aromatic N) is 6. The van der Waals surface area contributed by atoms with Crippen molar-refractivity contribution in [3.05, 3.63) is 51.5 Å². The molecule has 4 rings (SSSR count). The fourth-order valence-corrected chi connectivity index (χ4v) is 2.97. The second kappa shape index (κ2) is 6.50. The highest BCUT2D eigenvalue weighted by atomic mass is 16.6. The number of hydrogen-bond donors (Lipinski definition) is 2. The Kier molecular flexibility index (Phi) is 4.14. The topological polar surface area (TPSA) is 158 Å². The van der Waals surface area contributed by atoms with Gasteiger partial charge < -0.3 is 14.9 Å². The Balaban J connectivity index is 1.72. The first-order valence-corrected chi connectivity index (χ1v) is 7.99. The second-order valence-corrected chi connectivity index (χ2v) is 5.99. The molecule has 0 unspecified atom stereocenters. The van der Waals surface area contributed by atoms with Gasteiger partial charge in [0.05, 0.1) is 24.0 Å². The Labute approximate surface area is 150 Å². The van der Waals surface area contributed by atoms with Crippen molar-refractivity contribution in [2.45, 2.75) is 24.9 Å². The van der Waals surface area contributed by atoms with E-state index < -0.39 is 28.9 Å². The van der Waals surface area contributed by atoms with Crippen LogP contribution in [0.15, 0.2) is 35.8 Å². The van der Waals surface area contributed by atoms with E-state index >= 15 is 0 Å². The lowest BCUT2D eigenvalue weighted by Crippen LogP contribution is -2.24. The van der Waals surface area contributed by atoms with Crippen molar-refractivity contribution in [2.24, 2.45) is 0 Å². The molecule has 4 heterocycles. The maximum atomic E-state index is 12.7. The summed E-state index contributed by atoms with van der Waals surface area (Å²) in [6, 6.07) is 2.58. The lowest BCUT2D eigenvalue weighted by molar-refractivity contribution is -0.385. The highest BCUT2D eigenvalue weighted by Crippen LogP contribution is 2.30. The number of imidazole rings is 1. The monoisotopic (exact) mass is 374 g/mol. The average molecular weight is 374 g/mol. The van der Waals surface area contributed by atoms with Crippen molar-refractivity contribution >= 4 is 16.9 Å². The van der Waals surface area contributed by atoms with Crippen molar-refractivity contribution < 1.29 is 19.9 Å². The molecular formula is C15H14N6O6. The predicted molar refractivity (Wildman–Crippen MR) is 89.2 cm³/mol. The number of aromatic nitrogens is 5. The largest absolute Gasteiger partial charge is 0.394 e. The Bertz CT molecular complexity index is 1060. The molecule has 1 aliphatic heterocycles. The molecule has 3 aromatic heterocycles. The van der Waals surface area contributed by atoms with Crippen LogP contribution < -0.4 is 5.56 Å². The van der Waals surface area contributed by atoms with Crippen LogP contribution >= 0.6 is 0 Å². The molecule has 0 bridgehead atoms. The van der Waals surface area contributed by atoms with Crippen molar-refractivity contribution in [1.29, 1.82) is 0 Å². The first-order valence-electron chi connectivity index (χ1n) is 7.99. The molecule has 1 saturated heterocycles. The minimum Gasteiger partial charge on any atom is -0.394 e. The molecule has 0 amide bonds. The molecule has 0 radical (unpaired) electrons. The number of aliphatic hydroxyl groups is 2. The van der Waals surface area contributed by atoms with Crippen LogP contribution in [0.25, 0.3) is 17.0 Å². The summed E-state index contributed by atoms with van der Waals surface area (Å²) < 4.78 is 8.21. The van der Waals surface area contributed by atoms with E-state index in [-0.39, 0.29) is 35.7 Å². The zero-order valence-electron chi connectivity index (χ0n) is 13.7. The van der Waals surface area contributed by atoms with E-state index in [0.717, 1.165) is 10.8 Å². The number of aliphatic hydroxyl groups excluding tert-OH is 2. The van der Waals surface area contributed by atoms with Crippen LogP contribution in [0.1, 0.15) is 12.6 Å². The number of pyridine rings is 1. The normalized spacial score (nSPS) is 22.4. The van der Waals surface area contributed by atoms with Gasteiger partial charge in [0, 0.05) is 12.5 Å². The molecule has 3 aromatic rings. The van der Waals surface area contributed by atoms with Crippen LogP contribution in [-0.2, 0) is 4.74 Å². The number of fused-ring (bicyclic) bond motifs is 1. The molecule has 1 aliphatic rings. The van der Waals surface area contributed by atoms with Gasteiger partial charge in [-0.15, -0.1) is 0 Å². The molecule has 3 atom stereocenters. The maximum Gasteiger partial charge on any atom is 0.287 e. The summed E-state index contributed by atoms with van der Waals surface area (Å²) in [5.74, 6) is 0.169. The molecule has 0 aliphatic carbocycles. The number of hydrogen-bond acceptors (Lipinski definition) is 9. The van der Waals surface area contributed by atoms with E-state index in [0.29, 0.717) is 0 Å². The third kappa shape index (κ3) is 2.85. The summed E-state index contributed by atoms with van der Waals surface area (Å²) >= 11 is 0. The van der Waals surface area contributed by atoms with Crippen LogP contribution in [0.5, 0.6) is 0 Å². The Morgan fingerprint density at radius 1 is 1.30 bits per heavy atom. The maximum absolute atomic E-state index is 12.7. The quantitative estimate of drug-likeness (QED) is 0.454. The van der Waals surface area contributed by atoms with Gasteiger partial charge in [0.15, 0.2) is 11.2 Å². The van der Waals surface area contributed by atoms with Gasteiger partial charge in [0.25, 0.3) is 11.2 Å². The molecule has 0 saturated carbocycles. The lowest BCUT2D eigenvalue weighted by Gasteiger charge is -2.13. The summed E-state index contributed by atoms with van der Waals surface area (Å²) in [7, 11) is 0. The van der Waals surface area contributed by atoms with Crippen LogP contribution in [-0.4, -0.2) is 58.0 Å². The Morgan fingerprint density at radius 3 is 2.74 bits per heavy atom. The minimum atomic E-state index is -0.831. The first kappa shape index (κ1) is 17.2. The van der Waals surface area contributed by atoms with E-state index in [1.54, 1.807) is 0 Å². The zero-order chi connectivity index (χ0) is 19.1. The van der Waals surface area contributed by atoms with Crippen LogP contribution in [0, 0.1) is 10.1 Å². The van der Waals surface area contributed by atoms with Gasteiger partial charge >= 0.3 is 0 Å². The highest BCUT2D eigenvalue weighted by molar-refractivity contribution is 5.69. The predicted octanol–water partition coefficient (Wildman–Crippen LogP) is -0.474. The van der Waals surface area contributed by atoms with Crippen LogP contribution in [0.3, 0.4) is 0 Å². The summed E-state index contributed by atoms with van der Waals surface area (Å²) in [4.78, 5) is 35.0. The van der Waals surface area contributed by atoms with Crippen molar-refractivity contribution in [2.75, 3.05) is 6.61 Å². The molecule has 0 aromatic carbocycles. The third-order valence-corrected chi connectivity index (χ3v) is 4.37. The molecule has 2 N–H and O–H groups in total. The lowest BCUT2D eigenvalue weighted by atomic mass is 10.2. The SMILES string of the molecule is O=c1c2ncn([C@H]3C[C@H](O)[C@@H](CO)O3)c2ncn1-c1ccc([N+](=O)[O-])cn1. The third-order valence-electron chi connectivity index (χ3n) is 4.37. The number of nitro groups is 1. The van der Waals surface area contributed by atoms with Gasteiger partial charge in [0.2, 0.25) is 0 Å². The smallest absolute Gasteiger partial charge is 0.287 e. The summed E-state index contributed by atoms with van der Waals surface area (Å²) in [5.41, 5.74) is -0.380. The van der Waals surface area contributed by atoms with Gasteiger partial charge in [-0.1, -0.05) is 0 Å². The summed E-state index contributed by atoms with van der Waals surface area (Å²) in [5, 5.41) is 29.8. The molecule has 27 heavy (non-hydrogen) atoms. The molecule has 12 nitrogen and oxygen atoms in total. The van der Waals surface area contributed by atoms with E-state index in [4.69, 9.17) is 4.74 Å². The standard InChI is InChI=1S/C15H14N6O6/c22-5-10-9(23)3-12(27-10)20-6-17-13-14(20)18-7-19(15(13)24)11-2-1-8(4-16-11)21(25)26/h1-2,4,6-7,9-10,12,22-23H,3,5H2/t9-,10+,12+/m0/s1. The first-order chi connectivity index (χ1) is 13.0. The van der Waals surface area contributed by atoms with E-state index in [2.05, 4.69) is 15.0 Å². The Hall–Kier alpha value is -3.22. The minimum absolute atomic E-state index is 0.0585. The number of rotatable bonds is 4. The van der Waals surface area contributed by atoms with Crippen molar-refractivity contribution in [3.8, 4) is 5.82 Å². The fourth-order valence-electron chi connectivity index (χ4n) is 2.97. The van der Waals surface area contributed by atoms with Gasteiger partial charge in [-0.3, -0.25) is 19.5 Å². The van der Waals surface area contributed by atoms with Gasteiger partial charge in [-0.05, 0) is 6.07 Å². The highest BCUT2D eigenvalue weighted by Gasteiger charge is 2.35. The molecule has 1 fully saturated rings. The Morgan fingerprint density at radius 2 is 2.11 bits per heavy atom. The summed E-state index contributed by atoms with van der Waals surface area (Å²) in [6.07, 6.45) is 1.75. The summed E-state index contributed by atoms with van der Waals surface area (Å²) in [6.45, 7) is -0.323. The van der Waals surface area contributed by atoms with E-state index in [9.17, 15) is 25.1 Å². The van der Waals surface area contributed by atoms with Gasteiger partial charge in [0.1, 0.15) is 30.7 Å². The van der Waals surface area contributed by atoms with Gasteiger partial charge in [-0.25, -0.2) is 19.5 Å². The van der Waals surface area contributed by atoms with Gasteiger partial charge in [-0.2, -0.15) is 0 Å². The zero-order valence-corrected chi connectivity index (χ0v) is 13.7. The molecule has 140 valence electrons. The number of ether oxygens (including phenoxy) is 1. The van der Waals surface area contributed by atoms with Crippen molar-refractivity contribution in [3.63, 3.8) is 0 Å². The fraction of sp³-hybridized carbons (Fsp3) is 0.333. The molecule has 0 spiro atoms. The van der Waals surface area contributed by atoms with E-state index in [1.165, 1.54) is 29.4 Å². The molecule has 12 heteroatoms. The van der Waals surface area contributed by atoms with Crippen molar-refractivity contribution in [1.82, 2.24) is 24.1 Å². The van der Waals surface area contributed by atoms with E-state index in [1.807, 2.05) is 0 Å². The van der Waals surface area contributed by atoms with Crippen LogP contribution in [0.4, 0.5) is 5.69 Å². The van der Waals surface area contributed by atoms with Crippen LogP contribution in [0.2, 0.25) is 0 Å².